The second-order valence-corrected chi connectivity index (χ2v) is 6.51. The Morgan fingerprint density at radius 2 is 2.11 bits per heavy atom. The Kier molecular flexibility index (Phi) is 3.34. The van der Waals surface area contributed by atoms with Crippen molar-refractivity contribution in [2.75, 3.05) is 5.32 Å². The van der Waals surface area contributed by atoms with Crippen LogP contribution in [0.4, 0.5) is 5.69 Å². The Morgan fingerprint density at radius 1 is 1.26 bits per heavy atom. The Hall–Kier alpha value is -1.31. The first kappa shape index (κ1) is 12.7. The lowest BCUT2D eigenvalue weighted by Gasteiger charge is -2.21. The minimum Gasteiger partial charge on any atom is -0.326 e. The minimum atomic E-state index is 0.199. The van der Waals surface area contributed by atoms with Crippen molar-refractivity contribution in [2.45, 2.75) is 46.0 Å². The predicted molar refractivity (Wildman–Crippen MR) is 78.1 cm³/mol. The molecule has 102 valence electrons. The fourth-order valence-electron chi connectivity index (χ4n) is 4.02. The van der Waals surface area contributed by atoms with E-state index >= 15 is 0 Å². The van der Waals surface area contributed by atoms with Crippen LogP contribution in [0.1, 0.15) is 43.2 Å². The topological polar surface area (TPSA) is 29.1 Å². The van der Waals surface area contributed by atoms with Gasteiger partial charge in [-0.2, -0.15) is 0 Å². The van der Waals surface area contributed by atoms with E-state index in [-0.39, 0.29) is 5.91 Å². The number of hydrogen-bond acceptors (Lipinski definition) is 1. The molecule has 3 rings (SSSR count). The van der Waals surface area contributed by atoms with Gasteiger partial charge in [0, 0.05) is 12.1 Å². The maximum absolute atomic E-state index is 12.2. The molecule has 2 saturated carbocycles. The van der Waals surface area contributed by atoms with Gasteiger partial charge in [0.2, 0.25) is 5.91 Å². The summed E-state index contributed by atoms with van der Waals surface area (Å²) in [5.74, 6) is 2.59. The molecule has 1 aromatic carbocycles. The molecule has 1 aromatic rings. The van der Waals surface area contributed by atoms with Crippen molar-refractivity contribution in [3.8, 4) is 0 Å². The van der Waals surface area contributed by atoms with Gasteiger partial charge in [-0.25, -0.2) is 0 Å². The summed E-state index contributed by atoms with van der Waals surface area (Å²) < 4.78 is 0. The van der Waals surface area contributed by atoms with E-state index < -0.39 is 0 Å². The Bertz CT molecular complexity index is 494. The van der Waals surface area contributed by atoms with Crippen LogP contribution in [0.2, 0.25) is 0 Å². The van der Waals surface area contributed by atoms with Crippen molar-refractivity contribution in [1.82, 2.24) is 0 Å². The van der Waals surface area contributed by atoms with Crippen LogP contribution in [0, 0.1) is 31.6 Å². The van der Waals surface area contributed by atoms with Gasteiger partial charge in [0.25, 0.3) is 0 Å². The van der Waals surface area contributed by atoms with Gasteiger partial charge in [0.1, 0.15) is 0 Å². The highest BCUT2D eigenvalue weighted by Gasteiger charge is 2.40. The molecule has 3 atom stereocenters. The Morgan fingerprint density at radius 3 is 2.74 bits per heavy atom. The lowest BCUT2D eigenvalue weighted by Crippen LogP contribution is -2.20. The van der Waals surface area contributed by atoms with Crippen molar-refractivity contribution in [2.24, 2.45) is 17.8 Å². The van der Waals surface area contributed by atoms with Gasteiger partial charge in [0.05, 0.1) is 0 Å². The fourth-order valence-corrected chi connectivity index (χ4v) is 4.02. The molecule has 2 bridgehead atoms. The molecule has 2 heteroatoms. The molecule has 1 amide bonds. The summed E-state index contributed by atoms with van der Waals surface area (Å²) in [4.78, 5) is 12.2. The van der Waals surface area contributed by atoms with E-state index in [0.29, 0.717) is 12.3 Å². The standard InChI is InChI=1S/C17H23NO/c1-11-3-6-16(12(2)7-11)18-17(19)10-15-9-13-4-5-14(15)8-13/h3,6-7,13-15H,4-5,8-10H2,1-2H3,(H,18,19)/t13-,14+,15-/m0/s1. The molecule has 0 aliphatic heterocycles. The monoisotopic (exact) mass is 257 g/mol. The quantitative estimate of drug-likeness (QED) is 0.869. The molecule has 2 aliphatic carbocycles. The number of aryl methyl sites for hydroxylation is 2. The molecule has 0 aromatic heterocycles. The van der Waals surface area contributed by atoms with E-state index in [0.717, 1.165) is 23.1 Å². The third-order valence-electron chi connectivity index (χ3n) is 4.99. The zero-order valence-electron chi connectivity index (χ0n) is 11.9. The number of fused-ring (bicyclic) bond motifs is 2. The van der Waals surface area contributed by atoms with Crippen LogP contribution in [0.15, 0.2) is 18.2 Å². The normalized spacial score (nSPS) is 28.6. The van der Waals surface area contributed by atoms with Crippen molar-refractivity contribution >= 4 is 11.6 Å². The van der Waals surface area contributed by atoms with E-state index in [9.17, 15) is 4.79 Å². The van der Waals surface area contributed by atoms with E-state index in [1.165, 1.54) is 31.2 Å². The first-order valence-corrected chi connectivity index (χ1v) is 7.49. The highest BCUT2D eigenvalue weighted by Crippen LogP contribution is 2.49. The van der Waals surface area contributed by atoms with Crippen LogP contribution in [0.5, 0.6) is 0 Å². The zero-order chi connectivity index (χ0) is 13.4. The van der Waals surface area contributed by atoms with Crippen LogP contribution in [-0.2, 0) is 4.79 Å². The number of hydrogen-bond donors (Lipinski definition) is 1. The minimum absolute atomic E-state index is 0.199. The van der Waals surface area contributed by atoms with Crippen LogP contribution in [0.3, 0.4) is 0 Å². The number of anilines is 1. The summed E-state index contributed by atoms with van der Waals surface area (Å²) in [5.41, 5.74) is 3.36. The average molecular weight is 257 g/mol. The van der Waals surface area contributed by atoms with Gasteiger partial charge in [-0.15, -0.1) is 0 Å². The van der Waals surface area contributed by atoms with E-state index in [4.69, 9.17) is 0 Å². The van der Waals surface area contributed by atoms with Crippen molar-refractivity contribution in [3.05, 3.63) is 29.3 Å². The second-order valence-electron chi connectivity index (χ2n) is 6.51. The molecule has 19 heavy (non-hydrogen) atoms. The molecule has 2 aliphatic rings. The van der Waals surface area contributed by atoms with Gasteiger partial charge >= 0.3 is 0 Å². The van der Waals surface area contributed by atoms with Gasteiger partial charge in [0.15, 0.2) is 0 Å². The SMILES string of the molecule is Cc1ccc(NC(=O)C[C@@H]2C[C@H]3CC[C@@H]2C3)c(C)c1. The summed E-state index contributed by atoms with van der Waals surface area (Å²) in [6, 6.07) is 6.19. The summed E-state index contributed by atoms with van der Waals surface area (Å²) >= 11 is 0. The molecule has 2 nitrogen and oxygen atoms in total. The third-order valence-corrected chi connectivity index (χ3v) is 4.99. The van der Waals surface area contributed by atoms with Crippen molar-refractivity contribution in [1.29, 1.82) is 0 Å². The number of nitrogens with one attached hydrogen (secondary N) is 1. The molecule has 0 spiro atoms. The average Bonchev–Trinajstić information content (AvgIpc) is 2.95. The largest absolute Gasteiger partial charge is 0.326 e. The molecule has 0 unspecified atom stereocenters. The van der Waals surface area contributed by atoms with E-state index in [1.807, 2.05) is 6.07 Å². The van der Waals surface area contributed by atoms with Crippen molar-refractivity contribution in [3.63, 3.8) is 0 Å². The Balaban J connectivity index is 1.59. The summed E-state index contributed by atoms with van der Waals surface area (Å²) in [7, 11) is 0. The maximum Gasteiger partial charge on any atom is 0.224 e. The highest BCUT2D eigenvalue weighted by atomic mass is 16.1. The highest BCUT2D eigenvalue weighted by molar-refractivity contribution is 5.91. The smallest absolute Gasteiger partial charge is 0.224 e. The number of benzene rings is 1. The third kappa shape index (κ3) is 2.68. The van der Waals surface area contributed by atoms with E-state index in [2.05, 4.69) is 31.3 Å². The summed E-state index contributed by atoms with van der Waals surface area (Å²) in [6.07, 6.45) is 6.13. The zero-order valence-corrected chi connectivity index (χ0v) is 11.9. The number of amides is 1. The predicted octanol–water partition coefficient (Wildman–Crippen LogP) is 4.07. The first-order valence-electron chi connectivity index (χ1n) is 7.49. The lowest BCUT2D eigenvalue weighted by molar-refractivity contribution is -0.117. The van der Waals surface area contributed by atoms with Gasteiger partial charge < -0.3 is 5.32 Å². The Labute approximate surface area is 115 Å². The molecule has 0 radical (unpaired) electrons. The van der Waals surface area contributed by atoms with Crippen LogP contribution < -0.4 is 5.32 Å². The van der Waals surface area contributed by atoms with Crippen molar-refractivity contribution < 1.29 is 4.79 Å². The van der Waals surface area contributed by atoms with Crippen LogP contribution >= 0.6 is 0 Å². The first-order chi connectivity index (χ1) is 9.11. The van der Waals surface area contributed by atoms with Crippen LogP contribution in [-0.4, -0.2) is 5.91 Å². The van der Waals surface area contributed by atoms with Gasteiger partial charge in [-0.05, 0) is 62.5 Å². The lowest BCUT2D eigenvalue weighted by atomic mass is 9.86. The number of carbonyl (C=O) groups is 1. The second kappa shape index (κ2) is 4.99. The van der Waals surface area contributed by atoms with Gasteiger partial charge in [-0.3, -0.25) is 4.79 Å². The molecule has 0 saturated heterocycles. The maximum atomic E-state index is 12.2. The molecule has 1 N–H and O–H groups in total. The van der Waals surface area contributed by atoms with Crippen LogP contribution in [0.25, 0.3) is 0 Å². The molecular weight excluding hydrogens is 234 g/mol. The number of rotatable bonds is 3. The molecule has 2 fully saturated rings. The number of carbonyl (C=O) groups excluding carboxylic acids is 1. The fraction of sp³-hybridized carbons (Fsp3) is 0.588. The molecule has 0 heterocycles. The summed E-state index contributed by atoms with van der Waals surface area (Å²) in [5, 5.41) is 3.08. The van der Waals surface area contributed by atoms with E-state index in [1.54, 1.807) is 0 Å². The van der Waals surface area contributed by atoms with Gasteiger partial charge in [-0.1, -0.05) is 24.1 Å². The molecular formula is C17H23NO. The summed E-state index contributed by atoms with van der Waals surface area (Å²) in [6.45, 7) is 4.13.